The Kier molecular flexibility index (Phi) is 7.94. The Morgan fingerprint density at radius 3 is 2.45 bits per heavy atom. The van der Waals surface area contributed by atoms with Crippen molar-refractivity contribution in [1.29, 1.82) is 0 Å². The van der Waals surface area contributed by atoms with Gasteiger partial charge in [-0.25, -0.2) is 9.97 Å². The van der Waals surface area contributed by atoms with Gasteiger partial charge in [-0.1, -0.05) is 42.5 Å². The second-order valence-electron chi connectivity index (χ2n) is 8.95. The van der Waals surface area contributed by atoms with Crippen LogP contribution >= 0.6 is 0 Å². The molecule has 192 valence electrons. The molecule has 0 aliphatic heterocycles. The maximum Gasteiger partial charge on any atom is 0.222 e. The minimum atomic E-state index is -0.0418. The molecular weight excluding hydrogens is 476 g/mol. The number of anilines is 1. The number of aromatic nitrogens is 2. The van der Waals surface area contributed by atoms with Gasteiger partial charge in [0.25, 0.3) is 0 Å². The third-order valence-electron chi connectivity index (χ3n) is 6.39. The van der Waals surface area contributed by atoms with Gasteiger partial charge in [0.2, 0.25) is 5.91 Å². The summed E-state index contributed by atoms with van der Waals surface area (Å²) in [6.45, 7) is 1.59. The Balaban J connectivity index is 1.44. The first kappa shape index (κ1) is 25.0. The maximum absolute atomic E-state index is 12.7. The summed E-state index contributed by atoms with van der Waals surface area (Å²) in [5, 5.41) is 3.90. The lowest BCUT2D eigenvalue weighted by Gasteiger charge is -2.25. The van der Waals surface area contributed by atoms with Crippen molar-refractivity contribution in [1.82, 2.24) is 15.3 Å². The van der Waals surface area contributed by atoms with Crippen molar-refractivity contribution in [2.24, 2.45) is 0 Å². The molecule has 2 aromatic heterocycles. The number of carbonyl (C=O) groups is 1. The van der Waals surface area contributed by atoms with Crippen LogP contribution in [0.15, 0.2) is 102 Å². The molecule has 0 aliphatic carbocycles. The topological polar surface area (TPSA) is 80.5 Å². The summed E-state index contributed by atoms with van der Waals surface area (Å²) in [6, 6.07) is 29.8. The highest BCUT2D eigenvalue weighted by Crippen LogP contribution is 2.29. The number of para-hydroxylation sites is 1. The van der Waals surface area contributed by atoms with Gasteiger partial charge in [0.1, 0.15) is 17.3 Å². The first-order valence-corrected chi connectivity index (χ1v) is 12.7. The number of carbonyl (C=O) groups excluding carboxylic acids is 1. The number of furan rings is 1. The lowest BCUT2D eigenvalue weighted by atomic mass is 10.1. The van der Waals surface area contributed by atoms with E-state index in [1.807, 2.05) is 78.9 Å². The van der Waals surface area contributed by atoms with Crippen LogP contribution in [0.3, 0.4) is 0 Å². The van der Waals surface area contributed by atoms with E-state index < -0.39 is 0 Å². The van der Waals surface area contributed by atoms with Crippen molar-refractivity contribution in [3.63, 3.8) is 0 Å². The first-order valence-electron chi connectivity index (χ1n) is 12.7. The number of hydrogen-bond donors (Lipinski definition) is 1. The number of rotatable bonds is 11. The van der Waals surface area contributed by atoms with Gasteiger partial charge in [0.05, 0.1) is 25.4 Å². The van der Waals surface area contributed by atoms with E-state index in [4.69, 9.17) is 19.1 Å². The molecule has 0 fully saturated rings. The minimum absolute atomic E-state index is 0.0418. The monoisotopic (exact) mass is 506 g/mol. The molecular formula is C31H30N4O3. The quantitative estimate of drug-likeness (QED) is 0.249. The average molecular weight is 507 g/mol. The molecule has 0 aliphatic rings. The summed E-state index contributed by atoms with van der Waals surface area (Å²) in [4.78, 5) is 24.8. The molecule has 1 amide bonds. The lowest BCUT2D eigenvalue weighted by molar-refractivity contribution is -0.121. The summed E-state index contributed by atoms with van der Waals surface area (Å²) in [5.74, 6) is 2.91. The summed E-state index contributed by atoms with van der Waals surface area (Å²) in [7, 11) is 1.65. The van der Waals surface area contributed by atoms with Gasteiger partial charge in [-0.05, 0) is 60.5 Å². The SMILES string of the molecule is COc1ccc(-c2nc(N(CCC(=O)NCc3ccco3)CCc3ccccc3)c3ccccc3n2)cc1. The number of methoxy groups -OCH3 is 1. The van der Waals surface area contributed by atoms with E-state index in [2.05, 4.69) is 22.3 Å². The first-order chi connectivity index (χ1) is 18.7. The van der Waals surface area contributed by atoms with Crippen LogP contribution in [0.25, 0.3) is 22.3 Å². The van der Waals surface area contributed by atoms with Gasteiger partial charge in [0.15, 0.2) is 5.82 Å². The number of ether oxygens (including phenoxy) is 1. The third-order valence-corrected chi connectivity index (χ3v) is 6.39. The van der Waals surface area contributed by atoms with Crippen LogP contribution in [0.1, 0.15) is 17.7 Å². The molecule has 0 saturated carbocycles. The van der Waals surface area contributed by atoms with Gasteiger partial charge in [-0.2, -0.15) is 0 Å². The van der Waals surface area contributed by atoms with Crippen molar-refractivity contribution in [3.05, 3.63) is 109 Å². The van der Waals surface area contributed by atoms with Crippen LogP contribution in [0, 0.1) is 0 Å². The van der Waals surface area contributed by atoms with Gasteiger partial charge in [-0.3, -0.25) is 4.79 Å². The Morgan fingerprint density at radius 1 is 0.895 bits per heavy atom. The fraction of sp³-hybridized carbons (Fsp3) is 0.194. The second kappa shape index (κ2) is 12.1. The fourth-order valence-electron chi connectivity index (χ4n) is 4.33. The second-order valence-corrected chi connectivity index (χ2v) is 8.95. The molecule has 38 heavy (non-hydrogen) atoms. The predicted octanol–water partition coefficient (Wildman–Crippen LogP) is 5.65. The normalized spacial score (nSPS) is 10.9. The molecule has 0 radical (unpaired) electrons. The number of nitrogens with one attached hydrogen (secondary N) is 1. The zero-order valence-corrected chi connectivity index (χ0v) is 21.3. The number of benzene rings is 3. The minimum Gasteiger partial charge on any atom is -0.497 e. The smallest absolute Gasteiger partial charge is 0.222 e. The molecule has 2 heterocycles. The van der Waals surface area contributed by atoms with Crippen molar-refractivity contribution >= 4 is 22.6 Å². The molecule has 0 unspecified atom stereocenters. The molecule has 7 heteroatoms. The highest BCUT2D eigenvalue weighted by atomic mass is 16.5. The van der Waals surface area contributed by atoms with Crippen molar-refractivity contribution in [3.8, 4) is 17.1 Å². The fourth-order valence-corrected chi connectivity index (χ4v) is 4.33. The molecule has 0 spiro atoms. The molecule has 1 N–H and O–H groups in total. The van der Waals surface area contributed by atoms with Crippen LogP contribution in [-0.2, 0) is 17.8 Å². The number of nitrogens with zero attached hydrogens (tertiary/aromatic N) is 3. The van der Waals surface area contributed by atoms with Crippen molar-refractivity contribution < 1.29 is 13.9 Å². The number of hydrogen-bond acceptors (Lipinski definition) is 6. The van der Waals surface area contributed by atoms with E-state index >= 15 is 0 Å². The Labute approximate surface area is 222 Å². The van der Waals surface area contributed by atoms with E-state index in [9.17, 15) is 4.79 Å². The number of fused-ring (bicyclic) bond motifs is 1. The van der Waals surface area contributed by atoms with E-state index in [1.165, 1.54) is 5.56 Å². The maximum atomic E-state index is 12.7. The van der Waals surface area contributed by atoms with Crippen LogP contribution in [-0.4, -0.2) is 36.1 Å². The largest absolute Gasteiger partial charge is 0.497 e. The zero-order chi connectivity index (χ0) is 26.2. The van der Waals surface area contributed by atoms with E-state index in [0.717, 1.165) is 40.2 Å². The van der Waals surface area contributed by atoms with E-state index in [0.29, 0.717) is 31.9 Å². The van der Waals surface area contributed by atoms with Crippen LogP contribution in [0.2, 0.25) is 0 Å². The standard InChI is InChI=1S/C31H30N4O3/c1-37-25-15-13-24(14-16-25)30-33-28-12-6-5-11-27(28)31(34-30)35(19-17-23-8-3-2-4-9-23)20-18-29(36)32-22-26-10-7-21-38-26/h2-16,21H,17-20,22H2,1H3,(H,32,36). The Morgan fingerprint density at radius 2 is 1.68 bits per heavy atom. The molecule has 5 rings (SSSR count). The van der Waals surface area contributed by atoms with Crippen LogP contribution < -0.4 is 15.0 Å². The van der Waals surface area contributed by atoms with E-state index in [-0.39, 0.29) is 5.91 Å². The van der Waals surface area contributed by atoms with Crippen LogP contribution in [0.4, 0.5) is 5.82 Å². The zero-order valence-electron chi connectivity index (χ0n) is 21.3. The van der Waals surface area contributed by atoms with Crippen LogP contribution in [0.5, 0.6) is 5.75 Å². The van der Waals surface area contributed by atoms with Gasteiger partial charge < -0.3 is 19.4 Å². The molecule has 0 bridgehead atoms. The molecule has 3 aromatic carbocycles. The summed E-state index contributed by atoms with van der Waals surface area (Å²) < 4.78 is 10.7. The van der Waals surface area contributed by atoms with Crippen molar-refractivity contribution in [2.75, 3.05) is 25.1 Å². The summed E-state index contributed by atoms with van der Waals surface area (Å²) in [5.41, 5.74) is 2.99. The summed E-state index contributed by atoms with van der Waals surface area (Å²) >= 11 is 0. The van der Waals surface area contributed by atoms with Gasteiger partial charge in [-0.15, -0.1) is 0 Å². The van der Waals surface area contributed by atoms with E-state index in [1.54, 1.807) is 13.4 Å². The molecule has 7 nitrogen and oxygen atoms in total. The summed E-state index contributed by atoms with van der Waals surface area (Å²) in [6.07, 6.45) is 2.75. The molecule has 0 saturated heterocycles. The Hall–Kier alpha value is -4.65. The number of amides is 1. The predicted molar refractivity (Wildman–Crippen MR) is 149 cm³/mol. The molecule has 5 aromatic rings. The average Bonchev–Trinajstić information content (AvgIpc) is 3.50. The highest BCUT2D eigenvalue weighted by Gasteiger charge is 2.17. The van der Waals surface area contributed by atoms with Crippen molar-refractivity contribution in [2.45, 2.75) is 19.4 Å². The highest BCUT2D eigenvalue weighted by molar-refractivity contribution is 5.91. The Bertz CT molecular complexity index is 1470. The van der Waals surface area contributed by atoms with Gasteiger partial charge in [0, 0.05) is 30.5 Å². The molecule has 0 atom stereocenters. The lowest BCUT2D eigenvalue weighted by Crippen LogP contribution is -2.33. The third kappa shape index (κ3) is 6.18. The van der Waals surface area contributed by atoms with Gasteiger partial charge >= 0.3 is 0 Å².